The van der Waals surface area contributed by atoms with Gasteiger partial charge in [0.25, 0.3) is 5.91 Å². The first-order chi connectivity index (χ1) is 9.01. The molecule has 1 aliphatic rings. The number of rotatable bonds is 3. The van der Waals surface area contributed by atoms with Crippen molar-refractivity contribution in [1.29, 1.82) is 0 Å². The Balaban J connectivity index is 2.06. The van der Waals surface area contributed by atoms with Crippen LogP contribution in [0.4, 0.5) is 0 Å². The van der Waals surface area contributed by atoms with Crippen LogP contribution in [0.25, 0.3) is 0 Å². The summed E-state index contributed by atoms with van der Waals surface area (Å²) in [5.74, 6) is 0.103. The van der Waals surface area contributed by atoms with Crippen molar-refractivity contribution >= 4 is 17.2 Å². The van der Waals surface area contributed by atoms with Gasteiger partial charge in [-0.05, 0) is 38.5 Å². The number of hydrogen-bond acceptors (Lipinski definition) is 4. The van der Waals surface area contributed by atoms with E-state index >= 15 is 0 Å². The van der Waals surface area contributed by atoms with Crippen molar-refractivity contribution in [2.45, 2.75) is 40.0 Å². The van der Waals surface area contributed by atoms with Crippen LogP contribution in [0.15, 0.2) is 0 Å². The molecule has 1 aliphatic heterocycles. The van der Waals surface area contributed by atoms with E-state index in [1.165, 1.54) is 11.3 Å². The van der Waals surface area contributed by atoms with Gasteiger partial charge in [-0.15, -0.1) is 11.3 Å². The number of aryl methyl sites for hydroxylation is 2. The molecule has 1 amide bonds. The Hall–Kier alpha value is -0.940. The van der Waals surface area contributed by atoms with Crippen molar-refractivity contribution in [2.24, 2.45) is 5.41 Å². The van der Waals surface area contributed by atoms with E-state index in [2.05, 4.69) is 11.9 Å². The van der Waals surface area contributed by atoms with Crippen LogP contribution >= 0.6 is 11.3 Å². The van der Waals surface area contributed by atoms with E-state index in [1.54, 1.807) is 0 Å². The maximum atomic E-state index is 12.5. The first kappa shape index (κ1) is 14.5. The highest BCUT2D eigenvalue weighted by Crippen LogP contribution is 2.35. The molecular weight excluding hydrogens is 260 g/mol. The van der Waals surface area contributed by atoms with Crippen LogP contribution in [0.5, 0.6) is 0 Å². The Morgan fingerprint density at radius 2 is 2.05 bits per heavy atom. The Morgan fingerprint density at radius 3 is 2.47 bits per heavy atom. The zero-order valence-electron chi connectivity index (χ0n) is 11.9. The third kappa shape index (κ3) is 2.82. The van der Waals surface area contributed by atoms with Crippen LogP contribution in [-0.2, 0) is 0 Å². The summed E-state index contributed by atoms with van der Waals surface area (Å²) in [5.41, 5.74) is 0.858. The lowest BCUT2D eigenvalue weighted by Gasteiger charge is -2.40. The van der Waals surface area contributed by atoms with Crippen LogP contribution in [0.1, 0.15) is 46.6 Å². The number of aromatic nitrogens is 1. The van der Waals surface area contributed by atoms with Gasteiger partial charge in [-0.1, -0.05) is 6.92 Å². The van der Waals surface area contributed by atoms with Gasteiger partial charge in [-0.3, -0.25) is 4.79 Å². The molecule has 2 rings (SSSR count). The number of amides is 1. The summed E-state index contributed by atoms with van der Waals surface area (Å²) in [6, 6.07) is 0. The molecule has 0 aliphatic carbocycles. The van der Waals surface area contributed by atoms with Crippen molar-refractivity contribution in [3.63, 3.8) is 0 Å². The van der Waals surface area contributed by atoms with Crippen LogP contribution in [0, 0.1) is 19.3 Å². The molecule has 0 aromatic carbocycles. The molecule has 5 heteroatoms. The van der Waals surface area contributed by atoms with Gasteiger partial charge in [0, 0.05) is 19.7 Å². The smallest absolute Gasteiger partial charge is 0.265 e. The van der Waals surface area contributed by atoms with Crippen molar-refractivity contribution in [3.8, 4) is 0 Å². The third-order valence-corrected chi connectivity index (χ3v) is 5.36. The normalized spacial score (nSPS) is 18.6. The summed E-state index contributed by atoms with van der Waals surface area (Å²) >= 11 is 1.48. The van der Waals surface area contributed by atoms with Crippen molar-refractivity contribution < 1.29 is 9.90 Å². The van der Waals surface area contributed by atoms with Crippen LogP contribution in [-0.4, -0.2) is 40.6 Å². The average molecular weight is 282 g/mol. The minimum absolute atomic E-state index is 0.0233. The molecule has 0 atom stereocenters. The first-order valence-electron chi connectivity index (χ1n) is 6.85. The lowest BCUT2D eigenvalue weighted by molar-refractivity contribution is 0.0340. The van der Waals surface area contributed by atoms with Gasteiger partial charge in [0.15, 0.2) is 0 Å². The molecule has 2 heterocycles. The van der Waals surface area contributed by atoms with Gasteiger partial charge in [0.05, 0.1) is 10.7 Å². The molecule has 1 fully saturated rings. The standard InChI is InChI=1S/C14H22N2O2S/c1-4-14(9-17)5-7-16(8-6-14)13(18)12-10(2)15-11(3)19-12/h17H,4-9H2,1-3H3. The van der Waals surface area contributed by atoms with E-state index in [-0.39, 0.29) is 17.9 Å². The van der Waals surface area contributed by atoms with Crippen molar-refractivity contribution in [3.05, 3.63) is 15.6 Å². The predicted octanol–water partition coefficient (Wildman–Crippen LogP) is 2.38. The fraction of sp³-hybridized carbons (Fsp3) is 0.714. The van der Waals surface area contributed by atoms with Crippen molar-refractivity contribution in [2.75, 3.05) is 19.7 Å². The quantitative estimate of drug-likeness (QED) is 0.926. The van der Waals surface area contributed by atoms with Crippen LogP contribution < -0.4 is 0 Å². The highest BCUT2D eigenvalue weighted by Gasteiger charge is 2.34. The minimum Gasteiger partial charge on any atom is -0.396 e. The zero-order valence-corrected chi connectivity index (χ0v) is 12.7. The Bertz CT molecular complexity index is 456. The maximum absolute atomic E-state index is 12.5. The minimum atomic E-state index is 0.0233. The summed E-state index contributed by atoms with van der Waals surface area (Å²) in [6.07, 6.45) is 2.76. The molecule has 0 unspecified atom stereocenters. The number of nitrogens with zero attached hydrogens (tertiary/aromatic N) is 2. The van der Waals surface area contributed by atoms with Gasteiger partial charge in [0.2, 0.25) is 0 Å². The van der Waals surface area contributed by atoms with Crippen molar-refractivity contribution in [1.82, 2.24) is 9.88 Å². The average Bonchev–Trinajstić information content (AvgIpc) is 2.77. The second-order valence-corrected chi connectivity index (χ2v) is 6.65. The zero-order chi connectivity index (χ0) is 14.0. The highest BCUT2D eigenvalue weighted by atomic mass is 32.1. The van der Waals surface area contributed by atoms with E-state index in [0.29, 0.717) is 0 Å². The molecule has 1 aromatic rings. The monoisotopic (exact) mass is 282 g/mol. The van der Waals surface area contributed by atoms with Gasteiger partial charge in [-0.2, -0.15) is 0 Å². The van der Waals surface area contributed by atoms with Crippen LogP contribution in [0.3, 0.4) is 0 Å². The van der Waals surface area contributed by atoms with Gasteiger partial charge >= 0.3 is 0 Å². The Morgan fingerprint density at radius 1 is 1.42 bits per heavy atom. The highest BCUT2D eigenvalue weighted by molar-refractivity contribution is 7.13. The maximum Gasteiger partial charge on any atom is 0.265 e. The summed E-state index contributed by atoms with van der Waals surface area (Å²) in [7, 11) is 0. The van der Waals surface area contributed by atoms with E-state index in [0.717, 1.165) is 47.9 Å². The van der Waals surface area contributed by atoms with E-state index < -0.39 is 0 Å². The van der Waals surface area contributed by atoms with E-state index in [4.69, 9.17) is 0 Å². The summed E-state index contributed by atoms with van der Waals surface area (Å²) in [5, 5.41) is 10.5. The number of hydrogen-bond donors (Lipinski definition) is 1. The summed E-state index contributed by atoms with van der Waals surface area (Å²) in [6.45, 7) is 7.64. The Kier molecular flexibility index (Phi) is 4.26. The van der Waals surface area contributed by atoms with E-state index in [9.17, 15) is 9.90 Å². The molecule has 19 heavy (non-hydrogen) atoms. The number of thiazole rings is 1. The lowest BCUT2D eigenvalue weighted by Crippen LogP contribution is -2.44. The molecule has 4 nitrogen and oxygen atoms in total. The number of piperidine rings is 1. The molecule has 0 saturated carbocycles. The van der Waals surface area contributed by atoms with Crippen LogP contribution in [0.2, 0.25) is 0 Å². The fourth-order valence-corrected chi connectivity index (χ4v) is 3.57. The SMILES string of the molecule is CCC1(CO)CCN(C(=O)c2sc(C)nc2C)CC1. The molecule has 106 valence electrons. The molecule has 1 N–H and O–H groups in total. The first-order valence-corrected chi connectivity index (χ1v) is 7.67. The molecule has 0 bridgehead atoms. The third-order valence-electron chi connectivity index (χ3n) is 4.29. The van der Waals surface area contributed by atoms with Gasteiger partial charge < -0.3 is 10.0 Å². The number of likely N-dealkylation sites (tertiary alicyclic amines) is 1. The van der Waals surface area contributed by atoms with E-state index in [1.807, 2.05) is 18.7 Å². The molecule has 1 saturated heterocycles. The molecule has 0 radical (unpaired) electrons. The Labute approximate surface area is 118 Å². The molecule has 0 spiro atoms. The number of carbonyl (C=O) groups excluding carboxylic acids is 1. The number of carbonyl (C=O) groups is 1. The topological polar surface area (TPSA) is 53.4 Å². The predicted molar refractivity (Wildman–Crippen MR) is 76.5 cm³/mol. The number of aliphatic hydroxyl groups excluding tert-OH is 1. The van der Waals surface area contributed by atoms with Gasteiger partial charge in [0.1, 0.15) is 4.88 Å². The molecule has 1 aromatic heterocycles. The molecular formula is C14H22N2O2S. The largest absolute Gasteiger partial charge is 0.396 e. The summed E-state index contributed by atoms with van der Waals surface area (Å²) in [4.78, 5) is 19.4. The number of aliphatic hydroxyl groups is 1. The fourth-order valence-electron chi connectivity index (χ4n) is 2.68. The summed E-state index contributed by atoms with van der Waals surface area (Å²) < 4.78 is 0. The lowest BCUT2D eigenvalue weighted by atomic mass is 9.77. The second kappa shape index (κ2) is 5.59. The second-order valence-electron chi connectivity index (χ2n) is 5.45. The van der Waals surface area contributed by atoms with Gasteiger partial charge in [-0.25, -0.2) is 4.98 Å².